The van der Waals surface area contributed by atoms with Crippen LogP contribution >= 0.6 is 11.3 Å². The molecular weight excluding hydrogens is 365 g/mol. The number of fused-ring (bicyclic) bond motifs is 1. The van der Waals surface area contributed by atoms with Gasteiger partial charge in [-0.05, 0) is 48.9 Å². The van der Waals surface area contributed by atoms with Crippen LogP contribution in [-0.2, 0) is 6.67 Å². The molecule has 0 amide bonds. The van der Waals surface area contributed by atoms with Gasteiger partial charge in [-0.15, -0.1) is 0 Å². The fourth-order valence-electron chi connectivity index (χ4n) is 2.93. The van der Waals surface area contributed by atoms with Crippen LogP contribution in [-0.4, -0.2) is 17.8 Å². The van der Waals surface area contributed by atoms with Crippen molar-refractivity contribution in [2.24, 2.45) is 4.99 Å². The molecule has 138 valence electrons. The van der Waals surface area contributed by atoms with Crippen molar-refractivity contribution in [1.82, 2.24) is 4.57 Å². The number of benzene rings is 2. The normalized spacial score (nSPS) is 14.0. The van der Waals surface area contributed by atoms with Crippen molar-refractivity contribution in [3.8, 4) is 5.75 Å². The number of hydrogen-bond donors (Lipinski definition) is 0. The van der Waals surface area contributed by atoms with E-state index in [9.17, 15) is 9.18 Å². The van der Waals surface area contributed by atoms with Crippen molar-refractivity contribution in [3.63, 3.8) is 0 Å². The van der Waals surface area contributed by atoms with E-state index >= 15 is 0 Å². The molecule has 3 aromatic rings. The predicted octanol–water partition coefficient (Wildman–Crippen LogP) is 2.33. The van der Waals surface area contributed by atoms with Crippen molar-refractivity contribution in [2.45, 2.75) is 13.6 Å². The predicted molar refractivity (Wildman–Crippen MR) is 104 cm³/mol. The van der Waals surface area contributed by atoms with Gasteiger partial charge in [0.2, 0.25) is 0 Å². The summed E-state index contributed by atoms with van der Waals surface area (Å²) in [4.78, 5) is 19.8. The molecule has 0 spiro atoms. The minimum Gasteiger partial charge on any atom is -0.494 e. The summed E-state index contributed by atoms with van der Waals surface area (Å²) in [5.41, 5.74) is 1.55. The Bertz CT molecular complexity index is 1140. The van der Waals surface area contributed by atoms with Crippen LogP contribution in [0.1, 0.15) is 12.5 Å². The molecule has 0 aliphatic carbocycles. The number of halogens is 1. The molecule has 0 radical (unpaired) electrons. The van der Waals surface area contributed by atoms with E-state index in [1.54, 1.807) is 10.6 Å². The van der Waals surface area contributed by atoms with Crippen LogP contribution in [0.25, 0.3) is 6.08 Å². The van der Waals surface area contributed by atoms with Gasteiger partial charge in [0.25, 0.3) is 5.56 Å². The molecule has 0 unspecified atom stereocenters. The lowest BCUT2D eigenvalue weighted by Gasteiger charge is -2.25. The molecule has 5 nitrogen and oxygen atoms in total. The molecule has 0 saturated heterocycles. The number of rotatable bonds is 4. The second-order valence-electron chi connectivity index (χ2n) is 6.09. The second kappa shape index (κ2) is 7.36. The maximum atomic E-state index is 13.5. The summed E-state index contributed by atoms with van der Waals surface area (Å²) in [6.45, 7) is 3.31. The van der Waals surface area contributed by atoms with Crippen LogP contribution in [0.4, 0.5) is 10.1 Å². The first kappa shape index (κ1) is 17.5. The number of hydrogen-bond acceptors (Lipinski definition) is 5. The first-order chi connectivity index (χ1) is 13.1. The molecule has 2 aromatic carbocycles. The lowest BCUT2D eigenvalue weighted by molar-refractivity contribution is 0.340. The van der Waals surface area contributed by atoms with Crippen LogP contribution in [0.15, 0.2) is 58.3 Å². The van der Waals surface area contributed by atoms with Gasteiger partial charge in [-0.2, -0.15) is 0 Å². The SMILES string of the molecule is CCOc1ccc(/C=c2/sc3n(c2=O)CN(c2cccc(F)c2)CN=3)cc1. The number of anilines is 1. The summed E-state index contributed by atoms with van der Waals surface area (Å²) >= 11 is 1.37. The molecule has 0 atom stereocenters. The average Bonchev–Trinajstić information content (AvgIpc) is 2.99. The summed E-state index contributed by atoms with van der Waals surface area (Å²) < 4.78 is 21.2. The molecule has 0 N–H and O–H groups in total. The third-order valence-electron chi connectivity index (χ3n) is 4.24. The summed E-state index contributed by atoms with van der Waals surface area (Å²) in [5.74, 6) is 0.498. The monoisotopic (exact) mass is 383 g/mol. The van der Waals surface area contributed by atoms with Crippen molar-refractivity contribution in [3.05, 3.63) is 79.6 Å². The standard InChI is InChI=1S/C20H18FN3O2S/c1-2-26-17-8-6-14(7-9-17)10-18-19(25)24-13-23(12-22-20(24)27-18)16-5-3-4-15(21)11-16/h3-11H,2,12-13H2,1H3/b18-10+. The van der Waals surface area contributed by atoms with Gasteiger partial charge >= 0.3 is 0 Å². The van der Waals surface area contributed by atoms with Crippen LogP contribution in [0, 0.1) is 5.82 Å². The van der Waals surface area contributed by atoms with E-state index in [0.29, 0.717) is 35.0 Å². The molecule has 27 heavy (non-hydrogen) atoms. The van der Waals surface area contributed by atoms with E-state index in [1.807, 2.05) is 48.2 Å². The van der Waals surface area contributed by atoms with Gasteiger partial charge in [0.1, 0.15) is 24.9 Å². The van der Waals surface area contributed by atoms with Crippen LogP contribution < -0.4 is 24.5 Å². The molecule has 1 aliphatic rings. The molecule has 4 rings (SSSR count). The van der Waals surface area contributed by atoms with E-state index in [4.69, 9.17) is 4.74 Å². The highest BCUT2D eigenvalue weighted by atomic mass is 32.1. The van der Waals surface area contributed by atoms with Crippen molar-refractivity contribution >= 4 is 23.1 Å². The number of ether oxygens (including phenoxy) is 1. The highest BCUT2D eigenvalue weighted by Crippen LogP contribution is 2.17. The minimum absolute atomic E-state index is 0.0891. The van der Waals surface area contributed by atoms with E-state index in [0.717, 1.165) is 11.3 Å². The number of aromatic nitrogens is 1. The van der Waals surface area contributed by atoms with Crippen LogP contribution in [0.5, 0.6) is 5.75 Å². The zero-order valence-corrected chi connectivity index (χ0v) is 15.6. The van der Waals surface area contributed by atoms with Gasteiger partial charge < -0.3 is 9.64 Å². The zero-order chi connectivity index (χ0) is 18.8. The van der Waals surface area contributed by atoms with E-state index in [1.165, 1.54) is 23.5 Å². The molecule has 1 aliphatic heterocycles. The van der Waals surface area contributed by atoms with Crippen LogP contribution in [0.2, 0.25) is 0 Å². The van der Waals surface area contributed by atoms with Gasteiger partial charge in [-0.1, -0.05) is 29.5 Å². The van der Waals surface area contributed by atoms with Gasteiger partial charge in [-0.3, -0.25) is 9.36 Å². The summed E-state index contributed by atoms with van der Waals surface area (Å²) in [6, 6.07) is 13.9. The highest BCUT2D eigenvalue weighted by Gasteiger charge is 2.16. The Balaban J connectivity index is 1.65. The topological polar surface area (TPSA) is 46.8 Å². The Morgan fingerprint density at radius 3 is 2.81 bits per heavy atom. The molecule has 1 aromatic heterocycles. The molecule has 0 saturated carbocycles. The Labute approximate surface area is 159 Å². The van der Waals surface area contributed by atoms with E-state index in [-0.39, 0.29) is 11.4 Å². The average molecular weight is 383 g/mol. The van der Waals surface area contributed by atoms with Gasteiger partial charge in [-0.25, -0.2) is 9.38 Å². The van der Waals surface area contributed by atoms with Gasteiger partial charge in [0.05, 0.1) is 11.1 Å². The fraction of sp³-hybridized carbons (Fsp3) is 0.200. The second-order valence-corrected chi connectivity index (χ2v) is 7.10. The highest BCUT2D eigenvalue weighted by molar-refractivity contribution is 7.07. The van der Waals surface area contributed by atoms with Crippen molar-refractivity contribution in [2.75, 3.05) is 18.2 Å². The molecule has 7 heteroatoms. The zero-order valence-electron chi connectivity index (χ0n) is 14.8. The maximum absolute atomic E-state index is 13.5. The largest absolute Gasteiger partial charge is 0.494 e. The Morgan fingerprint density at radius 1 is 1.26 bits per heavy atom. The molecule has 0 fully saturated rings. The summed E-state index contributed by atoms with van der Waals surface area (Å²) in [5, 5.41) is 0. The Morgan fingerprint density at radius 2 is 2.07 bits per heavy atom. The van der Waals surface area contributed by atoms with E-state index in [2.05, 4.69) is 4.99 Å². The number of nitrogens with zero attached hydrogens (tertiary/aromatic N) is 3. The minimum atomic E-state index is -0.305. The van der Waals surface area contributed by atoms with Crippen molar-refractivity contribution < 1.29 is 9.13 Å². The Kier molecular flexibility index (Phi) is 4.77. The third-order valence-corrected chi connectivity index (χ3v) is 5.28. The summed E-state index contributed by atoms with van der Waals surface area (Å²) in [7, 11) is 0. The quantitative estimate of drug-likeness (QED) is 0.695. The van der Waals surface area contributed by atoms with Gasteiger partial charge in [0.15, 0.2) is 4.80 Å². The summed E-state index contributed by atoms with van der Waals surface area (Å²) in [6.07, 6.45) is 1.86. The third kappa shape index (κ3) is 3.64. The maximum Gasteiger partial charge on any atom is 0.271 e. The molecule has 2 heterocycles. The smallest absolute Gasteiger partial charge is 0.271 e. The Hall–Kier alpha value is -2.93. The first-order valence-corrected chi connectivity index (χ1v) is 9.45. The fourth-order valence-corrected chi connectivity index (χ4v) is 3.89. The first-order valence-electron chi connectivity index (χ1n) is 8.63. The lowest BCUT2D eigenvalue weighted by atomic mass is 10.2. The molecule has 0 bridgehead atoms. The van der Waals surface area contributed by atoms with Crippen molar-refractivity contribution in [1.29, 1.82) is 0 Å². The lowest BCUT2D eigenvalue weighted by Crippen LogP contribution is -2.42. The van der Waals surface area contributed by atoms with Crippen LogP contribution in [0.3, 0.4) is 0 Å². The van der Waals surface area contributed by atoms with Gasteiger partial charge in [0, 0.05) is 5.69 Å². The van der Waals surface area contributed by atoms with E-state index < -0.39 is 0 Å². The number of thiazole rings is 1. The molecular formula is C20H18FN3O2S.